The highest BCUT2D eigenvalue weighted by molar-refractivity contribution is 5.21. The molecule has 0 amide bonds. The first-order chi connectivity index (χ1) is 9.01. The number of hydrogen-bond acceptors (Lipinski definition) is 2. The van der Waals surface area contributed by atoms with Crippen LogP contribution in [0, 0.1) is 11.7 Å². The first kappa shape index (κ1) is 16.1. The summed E-state index contributed by atoms with van der Waals surface area (Å²) in [4.78, 5) is 2.41. The second-order valence-electron chi connectivity index (χ2n) is 5.45. The molecule has 0 aromatic heterocycles. The average Bonchev–Trinajstić information content (AvgIpc) is 2.38. The van der Waals surface area contributed by atoms with Crippen molar-refractivity contribution in [2.24, 2.45) is 5.92 Å². The van der Waals surface area contributed by atoms with Crippen LogP contribution in [0.5, 0.6) is 0 Å². The maximum Gasteiger partial charge on any atom is 0.127 e. The normalized spacial score (nSPS) is 14.9. The molecule has 0 aliphatic carbocycles. The maximum atomic E-state index is 13.9. The van der Waals surface area contributed by atoms with E-state index in [1.54, 1.807) is 6.07 Å². The third kappa shape index (κ3) is 4.29. The van der Waals surface area contributed by atoms with Crippen LogP contribution in [0.3, 0.4) is 0 Å². The van der Waals surface area contributed by atoms with Crippen molar-refractivity contribution in [3.8, 4) is 0 Å². The molecular formula is C16H27FN2. The number of benzene rings is 1. The zero-order chi connectivity index (χ0) is 14.4. The zero-order valence-corrected chi connectivity index (χ0v) is 12.8. The van der Waals surface area contributed by atoms with Gasteiger partial charge in [-0.1, -0.05) is 32.0 Å². The van der Waals surface area contributed by atoms with E-state index in [9.17, 15) is 4.39 Å². The Bertz CT molecular complexity index is 379. The third-order valence-corrected chi connectivity index (χ3v) is 3.78. The summed E-state index contributed by atoms with van der Waals surface area (Å²) in [7, 11) is 1.90. The van der Waals surface area contributed by atoms with E-state index in [2.05, 4.69) is 37.9 Å². The minimum atomic E-state index is -0.124. The van der Waals surface area contributed by atoms with Gasteiger partial charge in [-0.05, 0) is 39.4 Å². The highest BCUT2D eigenvalue weighted by Gasteiger charge is 2.22. The molecular weight excluding hydrogens is 239 g/mol. The zero-order valence-electron chi connectivity index (χ0n) is 12.8. The van der Waals surface area contributed by atoms with Gasteiger partial charge in [0.1, 0.15) is 5.82 Å². The van der Waals surface area contributed by atoms with Crippen molar-refractivity contribution < 1.29 is 4.39 Å². The molecule has 0 aliphatic heterocycles. The molecule has 0 aliphatic rings. The lowest BCUT2D eigenvalue weighted by atomic mass is 9.93. The van der Waals surface area contributed by atoms with Gasteiger partial charge in [0.25, 0.3) is 0 Å². The van der Waals surface area contributed by atoms with Gasteiger partial charge >= 0.3 is 0 Å². The summed E-state index contributed by atoms with van der Waals surface area (Å²) in [5.41, 5.74) is 0.761. The van der Waals surface area contributed by atoms with Crippen LogP contribution in [-0.4, -0.2) is 31.1 Å². The summed E-state index contributed by atoms with van der Waals surface area (Å²) in [6.45, 7) is 10.7. The van der Waals surface area contributed by atoms with E-state index in [1.807, 2.05) is 19.2 Å². The van der Waals surface area contributed by atoms with Gasteiger partial charge in [-0.15, -0.1) is 0 Å². The third-order valence-electron chi connectivity index (χ3n) is 3.78. The number of nitrogens with one attached hydrogen (secondary N) is 1. The van der Waals surface area contributed by atoms with Crippen LogP contribution in [0.15, 0.2) is 24.3 Å². The fraction of sp³-hybridized carbons (Fsp3) is 0.625. The summed E-state index contributed by atoms with van der Waals surface area (Å²) in [5, 5.41) is 3.26. The van der Waals surface area contributed by atoms with Gasteiger partial charge in [-0.25, -0.2) is 4.39 Å². The van der Waals surface area contributed by atoms with Gasteiger partial charge in [0, 0.05) is 24.2 Å². The lowest BCUT2D eigenvalue weighted by molar-refractivity contribution is 0.183. The van der Waals surface area contributed by atoms with E-state index in [1.165, 1.54) is 6.07 Å². The molecule has 0 saturated heterocycles. The Kier molecular flexibility index (Phi) is 6.46. The topological polar surface area (TPSA) is 15.3 Å². The second kappa shape index (κ2) is 7.61. The van der Waals surface area contributed by atoms with Crippen LogP contribution in [0.1, 0.15) is 39.3 Å². The largest absolute Gasteiger partial charge is 0.313 e. The van der Waals surface area contributed by atoms with Crippen LogP contribution < -0.4 is 5.32 Å². The van der Waals surface area contributed by atoms with E-state index >= 15 is 0 Å². The Morgan fingerprint density at radius 1 is 1.21 bits per heavy atom. The molecule has 1 N–H and O–H groups in total. The first-order valence-corrected chi connectivity index (χ1v) is 7.17. The molecule has 0 radical (unpaired) electrons. The van der Waals surface area contributed by atoms with E-state index in [-0.39, 0.29) is 11.9 Å². The van der Waals surface area contributed by atoms with Crippen molar-refractivity contribution in [3.05, 3.63) is 35.6 Å². The molecule has 2 atom stereocenters. The highest BCUT2D eigenvalue weighted by atomic mass is 19.1. The fourth-order valence-electron chi connectivity index (χ4n) is 2.65. The van der Waals surface area contributed by atoms with Crippen LogP contribution in [0.2, 0.25) is 0 Å². The Hall–Kier alpha value is -0.930. The van der Waals surface area contributed by atoms with Gasteiger partial charge in [-0.3, -0.25) is 0 Å². The molecule has 2 unspecified atom stereocenters. The van der Waals surface area contributed by atoms with Crippen LogP contribution in [0.25, 0.3) is 0 Å². The molecule has 1 aromatic rings. The lowest BCUT2D eigenvalue weighted by Crippen LogP contribution is -2.38. The van der Waals surface area contributed by atoms with Gasteiger partial charge < -0.3 is 10.2 Å². The molecule has 0 saturated carbocycles. The first-order valence-electron chi connectivity index (χ1n) is 7.17. The predicted octanol–water partition coefficient (Wildman–Crippen LogP) is 3.45. The Morgan fingerprint density at radius 2 is 1.84 bits per heavy atom. The summed E-state index contributed by atoms with van der Waals surface area (Å²) in [6, 6.07) is 7.61. The van der Waals surface area contributed by atoms with E-state index in [0.29, 0.717) is 12.0 Å². The molecule has 3 heteroatoms. The fourth-order valence-corrected chi connectivity index (χ4v) is 2.65. The maximum absolute atomic E-state index is 13.9. The summed E-state index contributed by atoms with van der Waals surface area (Å²) < 4.78 is 13.9. The highest BCUT2D eigenvalue weighted by Crippen LogP contribution is 2.25. The molecule has 0 fully saturated rings. The monoisotopic (exact) mass is 266 g/mol. The number of rotatable bonds is 7. The van der Waals surface area contributed by atoms with Crippen LogP contribution in [0.4, 0.5) is 4.39 Å². The Balaban J connectivity index is 2.83. The lowest BCUT2D eigenvalue weighted by Gasteiger charge is -2.32. The average molecular weight is 266 g/mol. The molecule has 19 heavy (non-hydrogen) atoms. The van der Waals surface area contributed by atoms with Gasteiger partial charge in [0.15, 0.2) is 0 Å². The summed E-state index contributed by atoms with van der Waals surface area (Å²) >= 11 is 0. The van der Waals surface area contributed by atoms with Crippen molar-refractivity contribution in [2.45, 2.75) is 39.8 Å². The molecule has 2 nitrogen and oxygen atoms in total. The van der Waals surface area contributed by atoms with E-state index in [0.717, 1.165) is 18.7 Å². The van der Waals surface area contributed by atoms with Gasteiger partial charge in [0.2, 0.25) is 0 Å². The standard InChI is InChI=1S/C16H27FN2/c1-6-19(12(2)3)11-13(4)16(18-5)14-9-7-8-10-15(14)17/h7-10,12-13,16,18H,6,11H2,1-5H3. The smallest absolute Gasteiger partial charge is 0.127 e. The number of halogens is 1. The molecule has 0 heterocycles. The van der Waals surface area contributed by atoms with Crippen LogP contribution in [-0.2, 0) is 0 Å². The van der Waals surface area contributed by atoms with Crippen molar-refractivity contribution >= 4 is 0 Å². The second-order valence-corrected chi connectivity index (χ2v) is 5.45. The molecule has 108 valence electrons. The minimum Gasteiger partial charge on any atom is -0.313 e. The van der Waals surface area contributed by atoms with E-state index in [4.69, 9.17) is 0 Å². The van der Waals surface area contributed by atoms with Crippen molar-refractivity contribution in [2.75, 3.05) is 20.1 Å². The number of nitrogens with zero attached hydrogens (tertiary/aromatic N) is 1. The predicted molar refractivity (Wildman–Crippen MR) is 79.7 cm³/mol. The van der Waals surface area contributed by atoms with Crippen molar-refractivity contribution in [1.82, 2.24) is 10.2 Å². The summed E-state index contributed by atoms with van der Waals surface area (Å²) in [5.74, 6) is 0.227. The van der Waals surface area contributed by atoms with E-state index < -0.39 is 0 Å². The summed E-state index contributed by atoms with van der Waals surface area (Å²) in [6.07, 6.45) is 0. The number of hydrogen-bond donors (Lipinski definition) is 1. The molecule has 0 spiro atoms. The van der Waals surface area contributed by atoms with Crippen molar-refractivity contribution in [3.63, 3.8) is 0 Å². The molecule has 1 aromatic carbocycles. The SMILES string of the molecule is CCN(CC(C)C(NC)c1ccccc1F)C(C)C. The minimum absolute atomic E-state index is 0.0500. The Labute approximate surface area is 117 Å². The molecule has 1 rings (SSSR count). The van der Waals surface area contributed by atoms with Crippen LogP contribution >= 0.6 is 0 Å². The molecule has 0 bridgehead atoms. The van der Waals surface area contributed by atoms with Gasteiger partial charge in [-0.2, -0.15) is 0 Å². The Morgan fingerprint density at radius 3 is 2.32 bits per heavy atom. The van der Waals surface area contributed by atoms with Crippen molar-refractivity contribution in [1.29, 1.82) is 0 Å². The van der Waals surface area contributed by atoms with Gasteiger partial charge in [0.05, 0.1) is 0 Å². The quantitative estimate of drug-likeness (QED) is 0.813.